The smallest absolute Gasteiger partial charge is 0.253 e. The number of rotatable bonds is 17. The maximum absolute atomic E-state index is 13.5. The molecule has 2 aromatic carbocycles. The molecule has 8 atom stereocenters. The molecule has 276 valence electrons. The first-order valence-electron chi connectivity index (χ1n) is 17.9. The van der Waals surface area contributed by atoms with Crippen LogP contribution in [0.15, 0.2) is 60.8 Å². The summed E-state index contributed by atoms with van der Waals surface area (Å²) >= 11 is 0. The number of fused-ring (bicyclic) bond motifs is 2. The molecule has 4 amide bonds. The highest BCUT2D eigenvalue weighted by Crippen LogP contribution is 2.31. The van der Waals surface area contributed by atoms with Gasteiger partial charge in [-0.1, -0.05) is 83.5 Å². The van der Waals surface area contributed by atoms with E-state index in [4.69, 9.17) is 0 Å². The number of nitrogens with zero attached hydrogens (tertiary/aromatic N) is 1. The number of amides is 4. The molecule has 0 aliphatic heterocycles. The number of benzene rings is 2. The van der Waals surface area contributed by atoms with E-state index in [0.717, 1.165) is 22.0 Å². The van der Waals surface area contributed by atoms with Crippen LogP contribution in [0.1, 0.15) is 87.8 Å². The first-order chi connectivity index (χ1) is 24.3. The molecule has 0 bridgehead atoms. The number of nitrogens with one attached hydrogen (secondary N) is 4. The third-order valence-electron chi connectivity index (χ3n) is 9.75. The van der Waals surface area contributed by atoms with Gasteiger partial charge in [-0.3, -0.25) is 24.2 Å². The molecular formula is C39H53N5O7. The zero-order valence-corrected chi connectivity index (χ0v) is 30.1. The molecule has 4 rings (SSSR count). The van der Waals surface area contributed by atoms with E-state index in [9.17, 15) is 34.5 Å². The van der Waals surface area contributed by atoms with Gasteiger partial charge in [0, 0.05) is 30.5 Å². The molecule has 0 fully saturated rings. The standard InChI is InChI=1S/C39H53N5O7/c1-6-23(4)34(39(51)44-35-28-13-9-7-11-25(28)20-33(35)47)43-36(48)24(5)18-32(46)31(17-22(2)3)42-38(50)30(15-16-45)41-37(49)27-19-26-12-8-10-14-29(26)40-21-27/h7-14,19,21-24,30-35,45-47H,6,15-18,20H2,1-5H3,(H,41,49)(H,42,50)(H,43,48)(H,44,51)/t23?,24-,30+,31+,32+,33-,34+,35+/m1/s1. The summed E-state index contributed by atoms with van der Waals surface area (Å²) in [4.78, 5) is 58.0. The van der Waals surface area contributed by atoms with E-state index in [0.29, 0.717) is 19.3 Å². The van der Waals surface area contributed by atoms with Crippen LogP contribution in [0.25, 0.3) is 10.9 Å². The van der Waals surface area contributed by atoms with Gasteiger partial charge in [-0.25, -0.2) is 0 Å². The Balaban J connectivity index is 1.39. The van der Waals surface area contributed by atoms with E-state index >= 15 is 0 Å². The quantitative estimate of drug-likeness (QED) is 0.112. The Kier molecular flexibility index (Phi) is 14.1. The van der Waals surface area contributed by atoms with Crippen LogP contribution in [0.5, 0.6) is 0 Å². The van der Waals surface area contributed by atoms with Crippen molar-refractivity contribution < 1.29 is 34.5 Å². The predicted octanol–water partition coefficient (Wildman–Crippen LogP) is 2.94. The first kappa shape index (κ1) is 39.4. The maximum atomic E-state index is 13.5. The highest BCUT2D eigenvalue weighted by Gasteiger charge is 2.36. The van der Waals surface area contributed by atoms with Crippen molar-refractivity contribution in [3.63, 3.8) is 0 Å². The van der Waals surface area contributed by atoms with Crippen molar-refractivity contribution in [3.05, 3.63) is 77.5 Å². The van der Waals surface area contributed by atoms with Crippen molar-refractivity contribution in [1.29, 1.82) is 0 Å². The fourth-order valence-corrected chi connectivity index (χ4v) is 6.56. The number of hydrogen-bond acceptors (Lipinski definition) is 8. The molecule has 7 N–H and O–H groups in total. The Morgan fingerprint density at radius 3 is 2.31 bits per heavy atom. The van der Waals surface area contributed by atoms with Gasteiger partial charge in [0.2, 0.25) is 17.7 Å². The summed E-state index contributed by atoms with van der Waals surface area (Å²) < 4.78 is 0. The summed E-state index contributed by atoms with van der Waals surface area (Å²) in [5.74, 6) is -2.79. The molecule has 0 saturated heterocycles. The van der Waals surface area contributed by atoms with Crippen LogP contribution in [0.4, 0.5) is 0 Å². The average Bonchev–Trinajstić information content (AvgIpc) is 3.42. The van der Waals surface area contributed by atoms with Gasteiger partial charge in [-0.05, 0) is 54.4 Å². The van der Waals surface area contributed by atoms with Crippen LogP contribution in [-0.2, 0) is 20.8 Å². The van der Waals surface area contributed by atoms with E-state index in [2.05, 4.69) is 26.3 Å². The third-order valence-corrected chi connectivity index (χ3v) is 9.75. The van der Waals surface area contributed by atoms with Gasteiger partial charge in [0.15, 0.2) is 0 Å². The topological polar surface area (TPSA) is 190 Å². The van der Waals surface area contributed by atoms with Gasteiger partial charge >= 0.3 is 0 Å². The largest absolute Gasteiger partial charge is 0.396 e. The minimum Gasteiger partial charge on any atom is -0.396 e. The zero-order chi connectivity index (χ0) is 37.2. The summed E-state index contributed by atoms with van der Waals surface area (Å²) in [6.45, 7) is 8.97. The second kappa shape index (κ2) is 18.2. The zero-order valence-electron chi connectivity index (χ0n) is 30.1. The lowest BCUT2D eigenvalue weighted by Crippen LogP contribution is -2.54. The van der Waals surface area contributed by atoms with E-state index in [1.54, 1.807) is 13.0 Å². The lowest BCUT2D eigenvalue weighted by atomic mass is 9.91. The van der Waals surface area contributed by atoms with Crippen LogP contribution in [0.2, 0.25) is 0 Å². The first-order valence-corrected chi connectivity index (χ1v) is 17.9. The van der Waals surface area contributed by atoms with Gasteiger partial charge in [-0.2, -0.15) is 0 Å². The van der Waals surface area contributed by atoms with Crippen molar-refractivity contribution >= 4 is 34.5 Å². The summed E-state index contributed by atoms with van der Waals surface area (Å²) in [6.07, 6.45) is 0.895. The molecule has 1 aliphatic rings. The molecular weight excluding hydrogens is 650 g/mol. The molecule has 0 spiro atoms. The third kappa shape index (κ3) is 10.3. The van der Waals surface area contributed by atoms with Crippen LogP contribution in [-0.4, -0.2) is 80.9 Å². The lowest BCUT2D eigenvalue weighted by molar-refractivity contribution is -0.133. The summed E-state index contributed by atoms with van der Waals surface area (Å²) in [5.41, 5.74) is 2.81. The van der Waals surface area contributed by atoms with Gasteiger partial charge < -0.3 is 36.6 Å². The van der Waals surface area contributed by atoms with Crippen LogP contribution < -0.4 is 21.3 Å². The highest BCUT2D eigenvalue weighted by molar-refractivity contribution is 5.99. The number of para-hydroxylation sites is 1. The molecule has 3 aromatic rings. The Labute approximate surface area is 299 Å². The van der Waals surface area contributed by atoms with Crippen molar-refractivity contribution in [2.45, 2.75) is 103 Å². The van der Waals surface area contributed by atoms with Crippen molar-refractivity contribution in [2.24, 2.45) is 17.8 Å². The van der Waals surface area contributed by atoms with E-state index in [-0.39, 0.29) is 36.8 Å². The second-order valence-corrected chi connectivity index (χ2v) is 14.2. The number of hydrogen-bond donors (Lipinski definition) is 7. The molecule has 0 saturated carbocycles. The number of carbonyl (C=O) groups excluding carboxylic acids is 4. The maximum Gasteiger partial charge on any atom is 0.253 e. The van der Waals surface area contributed by atoms with E-state index in [1.165, 1.54) is 6.20 Å². The fraction of sp³-hybridized carbons (Fsp3) is 0.513. The van der Waals surface area contributed by atoms with Gasteiger partial charge in [0.05, 0.1) is 35.4 Å². The minimum atomic E-state index is -1.13. The van der Waals surface area contributed by atoms with Crippen LogP contribution in [0, 0.1) is 17.8 Å². The SMILES string of the molecule is CCC(C)[C@H](NC(=O)[C@H](C)C[C@H](O)[C@H](CC(C)C)NC(=O)[C@H](CCO)NC(=O)c1cnc2ccccc2c1)C(=O)N[C@H]1c2ccccc2C[C@H]1O. The lowest BCUT2D eigenvalue weighted by Gasteiger charge is -2.30. The van der Waals surface area contributed by atoms with E-state index in [1.807, 2.05) is 76.2 Å². The molecule has 1 unspecified atom stereocenters. The number of aliphatic hydroxyl groups is 3. The second-order valence-electron chi connectivity index (χ2n) is 14.2. The van der Waals surface area contributed by atoms with Crippen molar-refractivity contribution in [1.82, 2.24) is 26.3 Å². The Morgan fingerprint density at radius 1 is 0.902 bits per heavy atom. The number of carbonyl (C=O) groups is 4. The Morgan fingerprint density at radius 2 is 1.61 bits per heavy atom. The van der Waals surface area contributed by atoms with Gasteiger partial charge in [-0.15, -0.1) is 0 Å². The molecule has 0 radical (unpaired) electrons. The molecule has 51 heavy (non-hydrogen) atoms. The van der Waals surface area contributed by atoms with Crippen molar-refractivity contribution in [2.75, 3.05) is 6.61 Å². The van der Waals surface area contributed by atoms with Crippen LogP contribution in [0.3, 0.4) is 0 Å². The normalized spacial score (nSPS) is 18.9. The summed E-state index contributed by atoms with van der Waals surface area (Å²) in [5, 5.41) is 43.9. The molecule has 1 heterocycles. The highest BCUT2D eigenvalue weighted by atomic mass is 16.3. The molecule has 1 aliphatic carbocycles. The van der Waals surface area contributed by atoms with Gasteiger partial charge in [0.25, 0.3) is 5.91 Å². The molecule has 12 nitrogen and oxygen atoms in total. The van der Waals surface area contributed by atoms with Crippen LogP contribution >= 0.6 is 0 Å². The number of aromatic nitrogens is 1. The monoisotopic (exact) mass is 703 g/mol. The van der Waals surface area contributed by atoms with E-state index < -0.39 is 65.9 Å². The average molecular weight is 704 g/mol. The number of aliphatic hydroxyl groups excluding tert-OH is 3. The number of pyridine rings is 1. The molecule has 1 aromatic heterocycles. The van der Waals surface area contributed by atoms with Gasteiger partial charge in [0.1, 0.15) is 12.1 Å². The fourth-order valence-electron chi connectivity index (χ4n) is 6.56. The predicted molar refractivity (Wildman–Crippen MR) is 194 cm³/mol. The Bertz CT molecular complexity index is 1670. The Hall–Kier alpha value is -4.39. The minimum absolute atomic E-state index is 0.00710. The van der Waals surface area contributed by atoms with Crippen molar-refractivity contribution in [3.8, 4) is 0 Å². The summed E-state index contributed by atoms with van der Waals surface area (Å²) in [7, 11) is 0. The summed E-state index contributed by atoms with van der Waals surface area (Å²) in [6, 6.07) is 13.3. The molecule has 12 heteroatoms.